The van der Waals surface area contributed by atoms with Gasteiger partial charge in [0, 0.05) is 5.69 Å². The second kappa shape index (κ2) is 5.12. The first kappa shape index (κ1) is 11.8. The summed E-state index contributed by atoms with van der Waals surface area (Å²) in [6.45, 7) is 2.29. The van der Waals surface area contributed by atoms with Crippen LogP contribution < -0.4 is 4.74 Å². The number of aromatic carboxylic acids is 1. The average molecular weight is 236 g/mol. The topological polar surface area (TPSA) is 72.3 Å². The van der Waals surface area contributed by atoms with Gasteiger partial charge in [0.2, 0.25) is 0 Å². The number of rotatable bonds is 5. The van der Waals surface area contributed by atoms with Crippen LogP contribution in [0.5, 0.6) is 6.01 Å². The second-order valence-corrected chi connectivity index (χ2v) is 4.42. The summed E-state index contributed by atoms with van der Waals surface area (Å²) in [5, 5.41) is 8.85. The SMILES string of the molecule is Cc1cc(C(=O)O)nc(OCCC2CCC2)n1. The lowest BCUT2D eigenvalue weighted by molar-refractivity contribution is 0.0688. The van der Waals surface area contributed by atoms with Gasteiger partial charge in [0.15, 0.2) is 5.69 Å². The highest BCUT2D eigenvalue weighted by atomic mass is 16.5. The Balaban J connectivity index is 1.92. The number of ether oxygens (including phenoxy) is 1. The zero-order valence-electron chi connectivity index (χ0n) is 9.85. The van der Waals surface area contributed by atoms with Gasteiger partial charge in [-0.3, -0.25) is 0 Å². The molecule has 0 radical (unpaired) electrons. The van der Waals surface area contributed by atoms with E-state index in [-0.39, 0.29) is 11.7 Å². The van der Waals surface area contributed by atoms with E-state index < -0.39 is 5.97 Å². The average Bonchev–Trinajstić information content (AvgIpc) is 2.21. The molecule has 1 aromatic heterocycles. The first-order valence-corrected chi connectivity index (χ1v) is 5.87. The quantitative estimate of drug-likeness (QED) is 0.847. The summed E-state index contributed by atoms with van der Waals surface area (Å²) in [7, 11) is 0. The maximum absolute atomic E-state index is 10.8. The number of aromatic nitrogens is 2. The molecule has 1 saturated carbocycles. The molecule has 1 fully saturated rings. The third-order valence-corrected chi connectivity index (χ3v) is 3.03. The first-order valence-electron chi connectivity index (χ1n) is 5.87. The van der Waals surface area contributed by atoms with Crippen molar-refractivity contribution in [2.24, 2.45) is 5.92 Å². The standard InChI is InChI=1S/C12H16N2O3/c1-8-7-10(11(15)16)14-12(13-8)17-6-5-9-3-2-4-9/h7,9H,2-6H2,1H3,(H,15,16). The fraction of sp³-hybridized carbons (Fsp3) is 0.583. The minimum atomic E-state index is -1.06. The number of hydrogen-bond acceptors (Lipinski definition) is 4. The van der Waals surface area contributed by atoms with E-state index in [2.05, 4.69) is 9.97 Å². The smallest absolute Gasteiger partial charge is 0.354 e. The fourth-order valence-electron chi connectivity index (χ4n) is 1.81. The lowest BCUT2D eigenvalue weighted by atomic mass is 9.83. The van der Waals surface area contributed by atoms with Crippen molar-refractivity contribution in [3.63, 3.8) is 0 Å². The van der Waals surface area contributed by atoms with Crippen molar-refractivity contribution in [1.82, 2.24) is 9.97 Å². The van der Waals surface area contributed by atoms with E-state index in [9.17, 15) is 4.79 Å². The van der Waals surface area contributed by atoms with E-state index in [1.54, 1.807) is 6.92 Å². The van der Waals surface area contributed by atoms with E-state index in [1.807, 2.05) is 0 Å². The van der Waals surface area contributed by atoms with Crippen LogP contribution in [0.25, 0.3) is 0 Å². The summed E-state index contributed by atoms with van der Waals surface area (Å²) >= 11 is 0. The molecule has 1 heterocycles. The Morgan fingerprint density at radius 1 is 1.53 bits per heavy atom. The number of carboxylic acid groups (broad SMARTS) is 1. The Kier molecular flexibility index (Phi) is 3.56. The van der Waals surface area contributed by atoms with Gasteiger partial charge in [0.1, 0.15) is 0 Å². The predicted octanol–water partition coefficient (Wildman–Crippen LogP) is 2.05. The maximum atomic E-state index is 10.8. The van der Waals surface area contributed by atoms with Crippen molar-refractivity contribution in [2.45, 2.75) is 32.6 Å². The van der Waals surface area contributed by atoms with Crippen LogP contribution in [0, 0.1) is 12.8 Å². The minimum Gasteiger partial charge on any atom is -0.477 e. The predicted molar refractivity (Wildman–Crippen MR) is 61.2 cm³/mol. The minimum absolute atomic E-state index is 0.0175. The lowest BCUT2D eigenvalue weighted by Gasteiger charge is -2.24. The Morgan fingerprint density at radius 2 is 2.29 bits per heavy atom. The van der Waals surface area contributed by atoms with Gasteiger partial charge >= 0.3 is 12.0 Å². The molecule has 1 aliphatic rings. The van der Waals surface area contributed by atoms with Gasteiger partial charge in [-0.2, -0.15) is 4.98 Å². The van der Waals surface area contributed by atoms with Crippen LogP contribution in [0.15, 0.2) is 6.07 Å². The van der Waals surface area contributed by atoms with Crippen molar-refractivity contribution in [3.8, 4) is 6.01 Å². The summed E-state index contributed by atoms with van der Waals surface area (Å²) in [6.07, 6.45) is 4.87. The van der Waals surface area contributed by atoms with Gasteiger partial charge in [-0.1, -0.05) is 19.3 Å². The van der Waals surface area contributed by atoms with Crippen LogP contribution in [0.4, 0.5) is 0 Å². The number of nitrogens with zero attached hydrogens (tertiary/aromatic N) is 2. The third kappa shape index (κ3) is 3.15. The Hall–Kier alpha value is -1.65. The van der Waals surface area contributed by atoms with Crippen LogP contribution in [0.1, 0.15) is 41.9 Å². The number of aryl methyl sites for hydroxylation is 1. The molecule has 5 heteroatoms. The molecule has 0 spiro atoms. The van der Waals surface area contributed by atoms with E-state index in [4.69, 9.17) is 9.84 Å². The molecule has 0 saturated heterocycles. The molecule has 1 aromatic rings. The molecule has 0 atom stereocenters. The van der Waals surface area contributed by atoms with Gasteiger partial charge in [-0.05, 0) is 25.3 Å². The molecule has 0 unspecified atom stereocenters. The highest BCUT2D eigenvalue weighted by molar-refractivity contribution is 5.85. The largest absolute Gasteiger partial charge is 0.477 e. The van der Waals surface area contributed by atoms with E-state index in [0.717, 1.165) is 12.3 Å². The number of carboxylic acids is 1. The zero-order chi connectivity index (χ0) is 12.3. The Morgan fingerprint density at radius 3 is 2.88 bits per heavy atom. The Bertz CT molecular complexity index is 416. The maximum Gasteiger partial charge on any atom is 0.354 e. The summed E-state index contributed by atoms with van der Waals surface area (Å²) in [4.78, 5) is 18.7. The Labute approximate surface area is 99.9 Å². The van der Waals surface area contributed by atoms with Crippen molar-refractivity contribution >= 4 is 5.97 Å². The molecule has 0 aliphatic heterocycles. The second-order valence-electron chi connectivity index (χ2n) is 4.42. The molecule has 17 heavy (non-hydrogen) atoms. The van der Waals surface area contributed by atoms with Gasteiger partial charge in [-0.15, -0.1) is 0 Å². The molecule has 0 amide bonds. The fourth-order valence-corrected chi connectivity index (χ4v) is 1.81. The van der Waals surface area contributed by atoms with Gasteiger partial charge in [0.05, 0.1) is 6.61 Å². The zero-order valence-corrected chi connectivity index (χ0v) is 9.85. The van der Waals surface area contributed by atoms with E-state index in [1.165, 1.54) is 25.3 Å². The molecular weight excluding hydrogens is 220 g/mol. The van der Waals surface area contributed by atoms with Crippen molar-refractivity contribution < 1.29 is 14.6 Å². The van der Waals surface area contributed by atoms with Crippen LogP contribution in [-0.2, 0) is 0 Å². The van der Waals surface area contributed by atoms with Gasteiger partial charge in [0.25, 0.3) is 0 Å². The number of hydrogen-bond donors (Lipinski definition) is 1. The van der Waals surface area contributed by atoms with Gasteiger partial charge in [-0.25, -0.2) is 9.78 Å². The highest BCUT2D eigenvalue weighted by Gasteiger charge is 2.17. The summed E-state index contributed by atoms with van der Waals surface area (Å²) in [6, 6.07) is 1.60. The van der Waals surface area contributed by atoms with E-state index in [0.29, 0.717) is 12.3 Å². The van der Waals surface area contributed by atoms with Crippen molar-refractivity contribution in [2.75, 3.05) is 6.61 Å². The molecule has 0 aromatic carbocycles. The first-order chi connectivity index (χ1) is 8.15. The third-order valence-electron chi connectivity index (χ3n) is 3.03. The lowest BCUT2D eigenvalue weighted by Crippen LogP contribution is -2.15. The van der Waals surface area contributed by atoms with Crippen molar-refractivity contribution in [1.29, 1.82) is 0 Å². The molecule has 92 valence electrons. The van der Waals surface area contributed by atoms with Gasteiger partial charge < -0.3 is 9.84 Å². The highest BCUT2D eigenvalue weighted by Crippen LogP contribution is 2.29. The van der Waals surface area contributed by atoms with Crippen LogP contribution in [0.3, 0.4) is 0 Å². The van der Waals surface area contributed by atoms with E-state index >= 15 is 0 Å². The number of carbonyl (C=O) groups is 1. The normalized spacial score (nSPS) is 15.4. The summed E-state index contributed by atoms with van der Waals surface area (Å²) in [5.41, 5.74) is 0.590. The molecule has 1 N–H and O–H groups in total. The molecule has 1 aliphatic carbocycles. The van der Waals surface area contributed by atoms with Crippen LogP contribution in [0.2, 0.25) is 0 Å². The van der Waals surface area contributed by atoms with Crippen molar-refractivity contribution in [3.05, 3.63) is 17.5 Å². The summed E-state index contributed by atoms with van der Waals surface area (Å²) in [5.74, 6) is -0.293. The summed E-state index contributed by atoms with van der Waals surface area (Å²) < 4.78 is 5.40. The van der Waals surface area contributed by atoms with Crippen LogP contribution in [-0.4, -0.2) is 27.7 Å². The monoisotopic (exact) mass is 236 g/mol. The molecular formula is C12H16N2O3. The van der Waals surface area contributed by atoms with Crippen LogP contribution >= 0.6 is 0 Å². The molecule has 0 bridgehead atoms. The molecule has 5 nitrogen and oxygen atoms in total. The molecule has 2 rings (SSSR count).